The van der Waals surface area contributed by atoms with Crippen molar-refractivity contribution >= 4 is 5.91 Å². The predicted octanol–water partition coefficient (Wildman–Crippen LogP) is 2.58. The molecule has 2 saturated carbocycles. The average molecular weight is 294 g/mol. The molecule has 2 aliphatic carbocycles. The van der Waals surface area contributed by atoms with Crippen LogP contribution in [0.2, 0.25) is 0 Å². The Kier molecular flexibility index (Phi) is 3.93. The number of rotatable bonds is 4. The highest BCUT2D eigenvalue weighted by Crippen LogP contribution is 2.34. The quantitative estimate of drug-likeness (QED) is 0.927. The van der Waals surface area contributed by atoms with Gasteiger partial charge in [-0.3, -0.25) is 4.79 Å². The SMILES string of the molecule is NC1CCC(C(=O)N(Cc2ccc(F)cc2F)C2CC2)C1. The predicted molar refractivity (Wildman–Crippen MR) is 75.2 cm³/mol. The van der Waals surface area contributed by atoms with Crippen LogP contribution in [0.4, 0.5) is 8.78 Å². The summed E-state index contributed by atoms with van der Waals surface area (Å²) in [5, 5.41) is 0. The molecule has 1 amide bonds. The van der Waals surface area contributed by atoms with E-state index in [0.29, 0.717) is 12.0 Å². The van der Waals surface area contributed by atoms with Crippen LogP contribution in [0.3, 0.4) is 0 Å². The van der Waals surface area contributed by atoms with Gasteiger partial charge in [-0.1, -0.05) is 6.07 Å². The Morgan fingerprint density at radius 1 is 1.24 bits per heavy atom. The first-order valence-corrected chi connectivity index (χ1v) is 7.54. The Hall–Kier alpha value is -1.49. The Morgan fingerprint density at radius 2 is 2.00 bits per heavy atom. The monoisotopic (exact) mass is 294 g/mol. The summed E-state index contributed by atoms with van der Waals surface area (Å²) in [6.07, 6.45) is 4.34. The number of amides is 1. The summed E-state index contributed by atoms with van der Waals surface area (Å²) in [5.74, 6) is -1.14. The van der Waals surface area contributed by atoms with Gasteiger partial charge >= 0.3 is 0 Å². The summed E-state index contributed by atoms with van der Waals surface area (Å²) in [4.78, 5) is 14.4. The molecule has 1 aromatic carbocycles. The lowest BCUT2D eigenvalue weighted by Gasteiger charge is -2.26. The van der Waals surface area contributed by atoms with Gasteiger partial charge in [0.15, 0.2) is 0 Å². The maximum Gasteiger partial charge on any atom is 0.226 e. The molecule has 2 unspecified atom stereocenters. The molecule has 0 saturated heterocycles. The topological polar surface area (TPSA) is 46.3 Å². The average Bonchev–Trinajstić information content (AvgIpc) is 3.18. The fourth-order valence-corrected chi connectivity index (χ4v) is 3.08. The van der Waals surface area contributed by atoms with Crippen LogP contribution in [0, 0.1) is 17.6 Å². The second-order valence-electron chi connectivity index (χ2n) is 6.20. The van der Waals surface area contributed by atoms with Gasteiger partial charge in [0.2, 0.25) is 5.91 Å². The van der Waals surface area contributed by atoms with E-state index in [1.165, 1.54) is 12.1 Å². The minimum Gasteiger partial charge on any atom is -0.335 e. The first-order valence-electron chi connectivity index (χ1n) is 7.54. The third-order valence-corrected chi connectivity index (χ3v) is 4.45. The van der Waals surface area contributed by atoms with Crippen molar-refractivity contribution in [2.24, 2.45) is 11.7 Å². The molecule has 2 atom stereocenters. The molecule has 2 fully saturated rings. The third-order valence-electron chi connectivity index (χ3n) is 4.45. The molecular weight excluding hydrogens is 274 g/mol. The molecule has 3 nitrogen and oxygen atoms in total. The fraction of sp³-hybridized carbons (Fsp3) is 0.562. The highest BCUT2D eigenvalue weighted by atomic mass is 19.1. The van der Waals surface area contributed by atoms with E-state index in [-0.39, 0.29) is 30.5 Å². The largest absolute Gasteiger partial charge is 0.335 e. The van der Waals surface area contributed by atoms with Crippen LogP contribution in [0.5, 0.6) is 0 Å². The number of nitrogens with two attached hydrogens (primary N) is 1. The van der Waals surface area contributed by atoms with Crippen molar-refractivity contribution in [3.8, 4) is 0 Å². The van der Waals surface area contributed by atoms with E-state index in [1.54, 1.807) is 4.90 Å². The van der Waals surface area contributed by atoms with E-state index in [2.05, 4.69) is 0 Å². The van der Waals surface area contributed by atoms with E-state index in [1.807, 2.05) is 0 Å². The lowest BCUT2D eigenvalue weighted by Crippen LogP contribution is -2.37. The molecule has 2 aliphatic rings. The molecule has 0 aliphatic heterocycles. The molecule has 114 valence electrons. The number of hydrogen-bond acceptors (Lipinski definition) is 2. The van der Waals surface area contributed by atoms with Crippen LogP contribution in [0.1, 0.15) is 37.7 Å². The maximum absolute atomic E-state index is 13.8. The van der Waals surface area contributed by atoms with Crippen molar-refractivity contribution in [1.29, 1.82) is 0 Å². The Labute approximate surface area is 123 Å². The normalized spacial score (nSPS) is 25.1. The highest BCUT2D eigenvalue weighted by molar-refractivity contribution is 5.80. The van der Waals surface area contributed by atoms with Crippen molar-refractivity contribution in [3.63, 3.8) is 0 Å². The van der Waals surface area contributed by atoms with Crippen LogP contribution in [-0.4, -0.2) is 22.9 Å². The van der Waals surface area contributed by atoms with Gasteiger partial charge in [-0.15, -0.1) is 0 Å². The molecule has 0 aromatic heterocycles. The number of benzene rings is 1. The van der Waals surface area contributed by atoms with Gasteiger partial charge in [0.25, 0.3) is 0 Å². The Balaban J connectivity index is 1.74. The van der Waals surface area contributed by atoms with Gasteiger partial charge < -0.3 is 10.6 Å². The first kappa shape index (κ1) is 14.4. The zero-order valence-corrected chi connectivity index (χ0v) is 11.9. The van der Waals surface area contributed by atoms with Crippen molar-refractivity contribution in [3.05, 3.63) is 35.4 Å². The minimum atomic E-state index is -0.595. The van der Waals surface area contributed by atoms with Crippen LogP contribution >= 0.6 is 0 Å². The molecule has 0 bridgehead atoms. The number of nitrogens with zero attached hydrogens (tertiary/aromatic N) is 1. The lowest BCUT2D eigenvalue weighted by molar-refractivity contribution is -0.136. The van der Waals surface area contributed by atoms with E-state index >= 15 is 0 Å². The number of carbonyl (C=O) groups excluding carboxylic acids is 1. The Bertz CT molecular complexity index is 545. The molecule has 1 aromatic rings. The number of halogens is 2. The molecule has 5 heteroatoms. The van der Waals surface area contributed by atoms with Crippen molar-refractivity contribution < 1.29 is 13.6 Å². The molecule has 3 rings (SSSR count). The molecule has 0 spiro atoms. The first-order chi connectivity index (χ1) is 10.0. The zero-order valence-electron chi connectivity index (χ0n) is 11.9. The molecule has 21 heavy (non-hydrogen) atoms. The van der Waals surface area contributed by atoms with Crippen molar-refractivity contribution in [2.75, 3.05) is 0 Å². The third kappa shape index (κ3) is 3.23. The standard InChI is InChI=1S/C16H20F2N2O/c17-12-3-1-11(15(18)8-12)9-20(14-5-6-14)16(21)10-2-4-13(19)7-10/h1,3,8,10,13-14H,2,4-7,9,19H2. The van der Waals surface area contributed by atoms with Gasteiger partial charge in [0.05, 0.1) is 0 Å². The van der Waals surface area contributed by atoms with Crippen molar-refractivity contribution in [2.45, 2.75) is 50.7 Å². The molecular formula is C16H20F2N2O. The van der Waals surface area contributed by atoms with Crippen LogP contribution in [0.25, 0.3) is 0 Å². The summed E-state index contributed by atoms with van der Waals surface area (Å²) in [6.45, 7) is 0.224. The van der Waals surface area contributed by atoms with E-state index < -0.39 is 11.6 Å². The van der Waals surface area contributed by atoms with Crippen LogP contribution < -0.4 is 5.73 Å². The molecule has 0 heterocycles. The van der Waals surface area contributed by atoms with Crippen LogP contribution in [0.15, 0.2) is 18.2 Å². The van der Waals surface area contributed by atoms with Crippen LogP contribution in [-0.2, 0) is 11.3 Å². The second kappa shape index (κ2) is 5.72. The highest BCUT2D eigenvalue weighted by Gasteiger charge is 2.38. The smallest absolute Gasteiger partial charge is 0.226 e. The minimum absolute atomic E-state index is 0.0379. The summed E-state index contributed by atoms with van der Waals surface area (Å²) >= 11 is 0. The van der Waals surface area contributed by atoms with Gasteiger partial charge in [0.1, 0.15) is 11.6 Å². The summed E-state index contributed by atoms with van der Waals surface area (Å²) in [7, 11) is 0. The van der Waals surface area contributed by atoms with E-state index in [0.717, 1.165) is 31.7 Å². The lowest BCUT2D eigenvalue weighted by atomic mass is 10.1. The van der Waals surface area contributed by atoms with Gasteiger partial charge in [-0.25, -0.2) is 8.78 Å². The molecule has 2 N–H and O–H groups in total. The van der Waals surface area contributed by atoms with Gasteiger partial charge in [0, 0.05) is 36.2 Å². The second-order valence-corrected chi connectivity index (χ2v) is 6.20. The maximum atomic E-state index is 13.8. The van der Waals surface area contributed by atoms with E-state index in [9.17, 15) is 13.6 Å². The molecule has 0 radical (unpaired) electrons. The summed E-state index contributed by atoms with van der Waals surface area (Å²) < 4.78 is 26.8. The fourth-order valence-electron chi connectivity index (χ4n) is 3.08. The number of hydrogen-bond donors (Lipinski definition) is 1. The zero-order chi connectivity index (χ0) is 15.0. The summed E-state index contributed by atoms with van der Waals surface area (Å²) in [5.41, 5.74) is 6.25. The van der Waals surface area contributed by atoms with Gasteiger partial charge in [-0.2, -0.15) is 0 Å². The van der Waals surface area contributed by atoms with Crippen molar-refractivity contribution in [1.82, 2.24) is 4.90 Å². The Morgan fingerprint density at radius 3 is 2.57 bits per heavy atom. The van der Waals surface area contributed by atoms with E-state index in [4.69, 9.17) is 5.73 Å². The number of carbonyl (C=O) groups is 1. The van der Waals surface area contributed by atoms with Gasteiger partial charge in [-0.05, 0) is 38.2 Å². The summed E-state index contributed by atoms with van der Waals surface area (Å²) in [6, 6.07) is 3.84.